The summed E-state index contributed by atoms with van der Waals surface area (Å²) in [7, 11) is 1.84. The molecule has 1 heterocycles. The number of ether oxygens (including phenoxy) is 1. The van der Waals surface area contributed by atoms with Gasteiger partial charge >= 0.3 is 0 Å². The second kappa shape index (κ2) is 4.75. The number of likely N-dealkylation sites (N-methyl/N-ethyl adjacent to an activating group) is 1. The summed E-state index contributed by atoms with van der Waals surface area (Å²) in [6.07, 6.45) is 0.540. The first kappa shape index (κ1) is 10.6. The van der Waals surface area contributed by atoms with Crippen molar-refractivity contribution in [3.8, 4) is 0 Å². The number of aliphatic hydroxyl groups is 1. The Morgan fingerprint density at radius 3 is 3.13 bits per heavy atom. The Kier molecular flexibility index (Phi) is 3.36. The maximum absolute atomic E-state index is 9.83. The van der Waals surface area contributed by atoms with Gasteiger partial charge in [0.2, 0.25) is 0 Å². The Bertz CT molecular complexity index is 338. The lowest BCUT2D eigenvalue weighted by Crippen LogP contribution is -2.17. The van der Waals surface area contributed by atoms with Gasteiger partial charge in [0.15, 0.2) is 0 Å². The van der Waals surface area contributed by atoms with Crippen LogP contribution < -0.4 is 5.32 Å². The third-order valence-corrected chi connectivity index (χ3v) is 2.79. The highest BCUT2D eigenvalue weighted by Crippen LogP contribution is 2.21. The Labute approximate surface area is 90.1 Å². The molecule has 1 aliphatic rings. The van der Waals surface area contributed by atoms with Gasteiger partial charge in [-0.25, -0.2) is 0 Å². The van der Waals surface area contributed by atoms with Gasteiger partial charge in [-0.2, -0.15) is 0 Å². The zero-order valence-electron chi connectivity index (χ0n) is 8.99. The van der Waals surface area contributed by atoms with E-state index in [4.69, 9.17) is 4.74 Å². The van der Waals surface area contributed by atoms with Crippen molar-refractivity contribution in [2.45, 2.75) is 19.1 Å². The van der Waals surface area contributed by atoms with Gasteiger partial charge in [0, 0.05) is 6.54 Å². The molecule has 0 amide bonds. The van der Waals surface area contributed by atoms with Gasteiger partial charge in [0.05, 0.1) is 19.3 Å². The van der Waals surface area contributed by atoms with Gasteiger partial charge in [-0.3, -0.25) is 0 Å². The first-order chi connectivity index (χ1) is 7.31. The highest BCUT2D eigenvalue weighted by Gasteiger charge is 2.12. The summed E-state index contributed by atoms with van der Waals surface area (Å²) in [6.45, 7) is 2.09. The fraction of sp³-hybridized carbons (Fsp3) is 0.500. The van der Waals surface area contributed by atoms with Gasteiger partial charge < -0.3 is 15.2 Å². The molecule has 0 saturated carbocycles. The van der Waals surface area contributed by atoms with Crippen molar-refractivity contribution in [3.05, 3.63) is 34.9 Å². The lowest BCUT2D eigenvalue weighted by atomic mass is 9.98. The molecule has 15 heavy (non-hydrogen) atoms. The molecule has 2 N–H and O–H groups in total. The SMILES string of the molecule is CNCC(O)c1ccc2c(c1)CCOC2. The summed E-state index contributed by atoms with van der Waals surface area (Å²) in [5, 5.41) is 12.8. The maximum Gasteiger partial charge on any atom is 0.0914 e. The molecule has 0 bridgehead atoms. The maximum atomic E-state index is 9.83. The van der Waals surface area contributed by atoms with Gasteiger partial charge in [0.25, 0.3) is 0 Å². The molecular formula is C12H17NO2. The van der Waals surface area contributed by atoms with E-state index in [2.05, 4.69) is 17.4 Å². The molecule has 82 valence electrons. The molecule has 1 unspecified atom stereocenters. The van der Waals surface area contributed by atoms with Crippen LogP contribution in [0.1, 0.15) is 22.8 Å². The number of hydrogen-bond acceptors (Lipinski definition) is 3. The Morgan fingerprint density at radius 2 is 2.33 bits per heavy atom. The van der Waals surface area contributed by atoms with Crippen molar-refractivity contribution in [1.82, 2.24) is 5.32 Å². The van der Waals surface area contributed by atoms with E-state index >= 15 is 0 Å². The monoisotopic (exact) mass is 207 g/mol. The van der Waals surface area contributed by atoms with Crippen LogP contribution in [-0.4, -0.2) is 25.3 Å². The molecule has 2 rings (SSSR count). The summed E-state index contributed by atoms with van der Waals surface area (Å²) < 4.78 is 5.37. The lowest BCUT2D eigenvalue weighted by Gasteiger charge is -2.19. The smallest absolute Gasteiger partial charge is 0.0914 e. The van der Waals surface area contributed by atoms with Gasteiger partial charge in [-0.05, 0) is 30.2 Å². The quantitative estimate of drug-likeness (QED) is 0.777. The van der Waals surface area contributed by atoms with E-state index in [1.807, 2.05) is 13.1 Å². The van der Waals surface area contributed by atoms with E-state index < -0.39 is 6.10 Å². The van der Waals surface area contributed by atoms with Crippen LogP contribution in [0.4, 0.5) is 0 Å². The first-order valence-corrected chi connectivity index (χ1v) is 5.33. The Hall–Kier alpha value is -0.900. The van der Waals surface area contributed by atoms with E-state index in [1.165, 1.54) is 11.1 Å². The predicted octanol–water partition coefficient (Wildman–Crippen LogP) is 1.01. The number of hydrogen-bond donors (Lipinski definition) is 2. The lowest BCUT2D eigenvalue weighted by molar-refractivity contribution is 0.110. The van der Waals surface area contributed by atoms with Crippen LogP contribution in [0.3, 0.4) is 0 Å². The molecule has 0 saturated heterocycles. The van der Waals surface area contributed by atoms with Crippen LogP contribution in [0.15, 0.2) is 18.2 Å². The number of aliphatic hydroxyl groups excluding tert-OH is 1. The minimum atomic E-state index is -0.414. The highest BCUT2D eigenvalue weighted by molar-refractivity contribution is 5.34. The summed E-state index contributed by atoms with van der Waals surface area (Å²) in [4.78, 5) is 0. The van der Waals surface area contributed by atoms with Gasteiger partial charge in [-0.15, -0.1) is 0 Å². The van der Waals surface area contributed by atoms with Crippen molar-refractivity contribution >= 4 is 0 Å². The average Bonchev–Trinajstić information content (AvgIpc) is 2.29. The number of nitrogens with one attached hydrogen (secondary N) is 1. The predicted molar refractivity (Wildman–Crippen MR) is 58.7 cm³/mol. The second-order valence-corrected chi connectivity index (χ2v) is 3.90. The zero-order valence-corrected chi connectivity index (χ0v) is 8.99. The Balaban J connectivity index is 2.20. The first-order valence-electron chi connectivity index (χ1n) is 5.33. The van der Waals surface area contributed by atoms with Crippen LogP contribution in [0.2, 0.25) is 0 Å². The summed E-state index contributed by atoms with van der Waals surface area (Å²) in [5.74, 6) is 0. The minimum Gasteiger partial charge on any atom is -0.387 e. The van der Waals surface area contributed by atoms with Crippen LogP contribution >= 0.6 is 0 Å². The largest absolute Gasteiger partial charge is 0.387 e. The number of fused-ring (bicyclic) bond motifs is 1. The molecular weight excluding hydrogens is 190 g/mol. The van der Waals surface area contributed by atoms with Gasteiger partial charge in [0.1, 0.15) is 0 Å². The molecule has 0 fully saturated rings. The fourth-order valence-electron chi connectivity index (χ4n) is 1.90. The second-order valence-electron chi connectivity index (χ2n) is 3.90. The van der Waals surface area contributed by atoms with Crippen LogP contribution in [0.25, 0.3) is 0 Å². The van der Waals surface area contributed by atoms with Crippen LogP contribution in [-0.2, 0) is 17.8 Å². The number of rotatable bonds is 3. The van der Waals surface area contributed by atoms with Crippen molar-refractivity contribution in [3.63, 3.8) is 0 Å². The van der Waals surface area contributed by atoms with Crippen LogP contribution in [0.5, 0.6) is 0 Å². The third kappa shape index (κ3) is 2.37. The normalized spacial score (nSPS) is 17.2. The summed E-state index contributed by atoms with van der Waals surface area (Å²) in [6, 6.07) is 6.14. The molecule has 0 radical (unpaired) electrons. The molecule has 1 aromatic rings. The van der Waals surface area contributed by atoms with Crippen molar-refractivity contribution in [2.24, 2.45) is 0 Å². The Morgan fingerprint density at radius 1 is 1.47 bits per heavy atom. The molecule has 0 aromatic heterocycles. The summed E-state index contributed by atoms with van der Waals surface area (Å²) >= 11 is 0. The van der Waals surface area contributed by atoms with Crippen LogP contribution in [0, 0.1) is 0 Å². The molecule has 3 heteroatoms. The standard InChI is InChI=1S/C12H17NO2/c1-13-7-12(14)10-2-3-11-8-15-5-4-9(11)6-10/h2-3,6,12-14H,4-5,7-8H2,1H3. The van der Waals surface area contributed by atoms with Gasteiger partial charge in [-0.1, -0.05) is 18.2 Å². The zero-order chi connectivity index (χ0) is 10.7. The number of benzene rings is 1. The third-order valence-electron chi connectivity index (χ3n) is 2.79. The minimum absolute atomic E-state index is 0.414. The van der Waals surface area contributed by atoms with Crippen molar-refractivity contribution in [1.29, 1.82) is 0 Å². The molecule has 3 nitrogen and oxygen atoms in total. The molecule has 1 atom stereocenters. The molecule has 0 aliphatic carbocycles. The van der Waals surface area contributed by atoms with Crippen molar-refractivity contribution < 1.29 is 9.84 Å². The van der Waals surface area contributed by atoms with Crippen molar-refractivity contribution in [2.75, 3.05) is 20.2 Å². The average molecular weight is 207 g/mol. The molecule has 0 spiro atoms. The van der Waals surface area contributed by atoms with E-state index in [-0.39, 0.29) is 0 Å². The molecule has 1 aromatic carbocycles. The van der Waals surface area contributed by atoms with E-state index in [0.717, 1.165) is 18.6 Å². The summed E-state index contributed by atoms with van der Waals surface area (Å²) in [5.41, 5.74) is 3.56. The topological polar surface area (TPSA) is 41.5 Å². The highest BCUT2D eigenvalue weighted by atomic mass is 16.5. The fourth-order valence-corrected chi connectivity index (χ4v) is 1.90. The van der Waals surface area contributed by atoms with E-state index in [1.54, 1.807) is 0 Å². The van der Waals surface area contributed by atoms with E-state index in [9.17, 15) is 5.11 Å². The van der Waals surface area contributed by atoms with E-state index in [0.29, 0.717) is 13.2 Å². The molecule has 1 aliphatic heterocycles.